The number of morpholine rings is 1. The summed E-state index contributed by atoms with van der Waals surface area (Å²) >= 11 is 0. The van der Waals surface area contributed by atoms with Crippen molar-refractivity contribution in [3.8, 4) is 22.8 Å². The largest absolute Gasteiger partial charge is 0.507 e. The van der Waals surface area contributed by atoms with Gasteiger partial charge in [-0.3, -0.25) is 14.3 Å². The summed E-state index contributed by atoms with van der Waals surface area (Å²) in [6.07, 6.45) is 0.869. The molecule has 0 bridgehead atoms. The van der Waals surface area contributed by atoms with Crippen molar-refractivity contribution in [3.63, 3.8) is 0 Å². The van der Waals surface area contributed by atoms with Gasteiger partial charge in [-0.25, -0.2) is 0 Å². The number of anilines is 1. The second-order valence-electron chi connectivity index (χ2n) is 9.07. The average molecular weight is 463 g/mol. The van der Waals surface area contributed by atoms with Crippen LogP contribution in [0, 0.1) is 0 Å². The van der Waals surface area contributed by atoms with Crippen LogP contribution in [0.2, 0.25) is 0 Å². The van der Waals surface area contributed by atoms with Crippen LogP contribution in [0.1, 0.15) is 35.6 Å². The van der Waals surface area contributed by atoms with Gasteiger partial charge in [-0.15, -0.1) is 10.2 Å². The minimum atomic E-state index is -0.312. The predicted octanol–water partition coefficient (Wildman–Crippen LogP) is 2.58. The molecule has 0 saturated carbocycles. The molecular weight excluding hydrogens is 432 g/mol. The third-order valence-electron chi connectivity index (χ3n) is 6.16. The molecule has 1 aromatic heterocycles. The van der Waals surface area contributed by atoms with E-state index in [0.29, 0.717) is 11.4 Å². The number of amides is 1. The predicted molar refractivity (Wildman–Crippen MR) is 129 cm³/mol. The van der Waals surface area contributed by atoms with Crippen molar-refractivity contribution >= 4 is 11.6 Å². The van der Waals surface area contributed by atoms with Crippen molar-refractivity contribution in [1.29, 1.82) is 0 Å². The number of fused-ring (bicyclic) bond motifs is 1. The Balaban J connectivity index is 1.53. The zero-order valence-electron chi connectivity index (χ0n) is 19.5. The van der Waals surface area contributed by atoms with Gasteiger partial charge in [0, 0.05) is 49.7 Å². The molecule has 1 saturated heterocycles. The summed E-state index contributed by atoms with van der Waals surface area (Å²) < 4.78 is 7.16. The highest BCUT2D eigenvalue weighted by Crippen LogP contribution is 2.37. The summed E-state index contributed by atoms with van der Waals surface area (Å²) in [7, 11) is 0. The van der Waals surface area contributed by atoms with Crippen LogP contribution >= 0.6 is 0 Å². The minimum absolute atomic E-state index is 0.0449. The first-order valence-corrected chi connectivity index (χ1v) is 11.8. The number of benzene rings is 2. The van der Waals surface area contributed by atoms with E-state index in [4.69, 9.17) is 4.74 Å². The van der Waals surface area contributed by atoms with E-state index in [0.717, 1.165) is 62.8 Å². The second kappa shape index (κ2) is 9.44. The number of nitrogens with zero attached hydrogens (tertiary/aromatic N) is 4. The lowest BCUT2D eigenvalue weighted by Gasteiger charge is -2.26. The number of phenolic OH excluding ortho intramolecular Hbond substituents is 1. The van der Waals surface area contributed by atoms with Crippen molar-refractivity contribution in [2.24, 2.45) is 0 Å². The van der Waals surface area contributed by atoms with E-state index in [-0.39, 0.29) is 23.5 Å². The quantitative estimate of drug-likeness (QED) is 0.517. The summed E-state index contributed by atoms with van der Waals surface area (Å²) in [6, 6.07) is 11.7. The van der Waals surface area contributed by atoms with Crippen LogP contribution in [-0.4, -0.2) is 69.6 Å². The fourth-order valence-electron chi connectivity index (χ4n) is 4.46. The topological polar surface area (TPSA) is 105 Å². The highest BCUT2D eigenvalue weighted by atomic mass is 16.5. The lowest BCUT2D eigenvalue weighted by Crippen LogP contribution is -2.35. The maximum Gasteiger partial charge on any atom is 0.289 e. The van der Waals surface area contributed by atoms with Crippen LogP contribution in [0.4, 0.5) is 5.69 Å². The van der Waals surface area contributed by atoms with E-state index in [2.05, 4.69) is 37.9 Å². The van der Waals surface area contributed by atoms with Crippen LogP contribution in [0.25, 0.3) is 17.1 Å². The van der Waals surface area contributed by atoms with Crippen molar-refractivity contribution in [2.45, 2.75) is 32.9 Å². The highest BCUT2D eigenvalue weighted by Gasteiger charge is 2.25. The van der Waals surface area contributed by atoms with Crippen molar-refractivity contribution in [2.75, 3.05) is 38.2 Å². The number of hydrogen-bond donors (Lipinski definition) is 3. The second-order valence-corrected chi connectivity index (χ2v) is 9.07. The van der Waals surface area contributed by atoms with Crippen molar-refractivity contribution < 1.29 is 14.6 Å². The molecule has 5 rings (SSSR count). The summed E-state index contributed by atoms with van der Waals surface area (Å²) in [4.78, 5) is 15.3. The molecule has 1 fully saturated rings. The van der Waals surface area contributed by atoms with Gasteiger partial charge in [-0.2, -0.15) is 0 Å². The van der Waals surface area contributed by atoms with E-state index in [1.807, 2.05) is 32.0 Å². The zero-order chi connectivity index (χ0) is 23.7. The number of aromatic hydroxyl groups is 1. The molecule has 3 aromatic rings. The van der Waals surface area contributed by atoms with Crippen LogP contribution in [0.5, 0.6) is 5.75 Å². The Morgan fingerprint density at radius 1 is 1.18 bits per heavy atom. The molecule has 0 unspecified atom stereocenters. The van der Waals surface area contributed by atoms with Crippen LogP contribution in [0.15, 0.2) is 36.4 Å². The molecule has 2 aliphatic rings. The van der Waals surface area contributed by atoms with Gasteiger partial charge in [0.25, 0.3) is 5.91 Å². The fourth-order valence-corrected chi connectivity index (χ4v) is 4.46. The van der Waals surface area contributed by atoms with Crippen molar-refractivity contribution in [3.05, 3.63) is 53.3 Å². The van der Waals surface area contributed by atoms with Gasteiger partial charge in [0.05, 0.1) is 18.8 Å². The van der Waals surface area contributed by atoms with E-state index in [1.54, 1.807) is 10.6 Å². The van der Waals surface area contributed by atoms with E-state index in [1.165, 1.54) is 5.56 Å². The first-order valence-electron chi connectivity index (χ1n) is 11.8. The number of nitrogens with one attached hydrogen (secondary N) is 2. The Morgan fingerprint density at radius 3 is 2.68 bits per heavy atom. The van der Waals surface area contributed by atoms with Gasteiger partial charge in [0.15, 0.2) is 5.82 Å². The lowest BCUT2D eigenvalue weighted by atomic mass is 10.1. The average Bonchev–Trinajstić information content (AvgIpc) is 3.46. The molecule has 0 aliphatic carbocycles. The Labute approximate surface area is 198 Å². The van der Waals surface area contributed by atoms with E-state index < -0.39 is 0 Å². The third kappa shape index (κ3) is 4.49. The number of rotatable bonds is 6. The maximum atomic E-state index is 13.0. The molecule has 2 aromatic carbocycles. The highest BCUT2D eigenvalue weighted by molar-refractivity contribution is 5.92. The summed E-state index contributed by atoms with van der Waals surface area (Å²) in [6.45, 7) is 8.84. The number of carbonyl (C=O) groups excluding carboxylic acids is 1. The number of carbonyl (C=O) groups is 1. The van der Waals surface area contributed by atoms with Gasteiger partial charge in [0.1, 0.15) is 5.75 Å². The maximum absolute atomic E-state index is 13.0. The molecular formula is C25H30N6O3. The zero-order valence-corrected chi connectivity index (χ0v) is 19.5. The molecule has 0 atom stereocenters. The van der Waals surface area contributed by atoms with Crippen molar-refractivity contribution in [1.82, 2.24) is 25.0 Å². The van der Waals surface area contributed by atoms with Gasteiger partial charge < -0.3 is 20.5 Å². The first kappa shape index (κ1) is 22.4. The van der Waals surface area contributed by atoms with E-state index in [9.17, 15) is 9.90 Å². The number of ether oxygens (including phenoxy) is 1. The van der Waals surface area contributed by atoms with Gasteiger partial charge in [0.2, 0.25) is 5.82 Å². The van der Waals surface area contributed by atoms with Gasteiger partial charge in [-0.1, -0.05) is 12.1 Å². The summed E-state index contributed by atoms with van der Waals surface area (Å²) in [5.74, 6) is 0.403. The standard InChI is InChI=1S/C25H30N6O3/c1-16(2)27-25(33)24-29-28-23(20-13-18-7-8-26-21(18)14-22(20)32)31(24)19-5-3-17(4-6-19)15-30-9-11-34-12-10-30/h3-6,13-14,16,26,32H,7-12,15H2,1-2H3,(H,27,33). The molecule has 34 heavy (non-hydrogen) atoms. The van der Waals surface area contributed by atoms with Crippen LogP contribution in [0.3, 0.4) is 0 Å². The van der Waals surface area contributed by atoms with Crippen LogP contribution < -0.4 is 10.6 Å². The van der Waals surface area contributed by atoms with E-state index >= 15 is 0 Å². The molecule has 1 amide bonds. The Bertz CT molecular complexity index is 1180. The van der Waals surface area contributed by atoms with Crippen LogP contribution in [-0.2, 0) is 17.7 Å². The number of phenols is 1. The Kier molecular flexibility index (Phi) is 6.21. The Hall–Kier alpha value is -3.43. The normalized spacial score (nSPS) is 15.9. The number of aromatic nitrogens is 3. The SMILES string of the molecule is CC(C)NC(=O)c1nnc(-c2cc3c(cc2O)NCC3)n1-c1ccc(CN2CCOCC2)cc1. The molecule has 3 N–H and O–H groups in total. The minimum Gasteiger partial charge on any atom is -0.507 e. The molecule has 9 heteroatoms. The fraction of sp³-hybridized carbons (Fsp3) is 0.400. The molecule has 2 aliphatic heterocycles. The Morgan fingerprint density at radius 2 is 1.94 bits per heavy atom. The summed E-state index contributed by atoms with van der Waals surface area (Å²) in [5, 5.41) is 25.5. The lowest BCUT2D eigenvalue weighted by molar-refractivity contribution is 0.0342. The third-order valence-corrected chi connectivity index (χ3v) is 6.16. The molecule has 0 radical (unpaired) electrons. The molecule has 0 spiro atoms. The van der Waals surface area contributed by atoms with Gasteiger partial charge >= 0.3 is 0 Å². The van der Waals surface area contributed by atoms with Gasteiger partial charge in [-0.05, 0) is 49.6 Å². The summed E-state index contributed by atoms with van der Waals surface area (Å²) in [5.41, 5.74) is 4.53. The first-order chi connectivity index (χ1) is 16.5. The monoisotopic (exact) mass is 462 g/mol. The molecule has 3 heterocycles. The molecule has 9 nitrogen and oxygen atoms in total. The number of hydrogen-bond acceptors (Lipinski definition) is 7. The molecule has 178 valence electrons. The smallest absolute Gasteiger partial charge is 0.289 e.